The predicted molar refractivity (Wildman–Crippen MR) is 202 cm³/mol. The summed E-state index contributed by atoms with van der Waals surface area (Å²) < 4.78 is 13.0. The number of hydrogen-bond acceptors (Lipinski definition) is 4. The Morgan fingerprint density at radius 2 is 1.10 bits per heavy atom. The number of para-hydroxylation sites is 3. The van der Waals surface area contributed by atoms with Gasteiger partial charge in [0.05, 0.1) is 11.2 Å². The Morgan fingerprint density at radius 3 is 1.92 bits per heavy atom. The van der Waals surface area contributed by atoms with Crippen LogP contribution in [0.25, 0.3) is 88.6 Å². The fraction of sp³-hybridized carbons (Fsp3) is 0.0435. The van der Waals surface area contributed by atoms with Gasteiger partial charge in [0.1, 0.15) is 22.3 Å². The maximum Gasteiger partial charge on any atom is 0.161 e. The second-order valence-electron chi connectivity index (χ2n) is 13.4. The van der Waals surface area contributed by atoms with Crippen LogP contribution in [-0.2, 0) is 5.41 Å². The lowest BCUT2D eigenvalue weighted by atomic mass is 9.73. The van der Waals surface area contributed by atoms with Gasteiger partial charge < -0.3 is 8.83 Å². The van der Waals surface area contributed by atoms with Gasteiger partial charge in [0.15, 0.2) is 5.82 Å². The summed E-state index contributed by atoms with van der Waals surface area (Å²) in [6, 6.07) is 52.9. The van der Waals surface area contributed by atoms with Crippen molar-refractivity contribution in [2.75, 3.05) is 0 Å². The molecule has 1 aliphatic carbocycles. The van der Waals surface area contributed by atoms with Crippen molar-refractivity contribution in [2.45, 2.75) is 12.3 Å². The largest absolute Gasteiger partial charge is 0.456 e. The van der Waals surface area contributed by atoms with Crippen LogP contribution < -0.4 is 0 Å². The van der Waals surface area contributed by atoms with Gasteiger partial charge >= 0.3 is 0 Å². The maximum atomic E-state index is 6.70. The van der Waals surface area contributed by atoms with Crippen molar-refractivity contribution in [2.24, 2.45) is 0 Å². The monoisotopic (exact) mass is 640 g/mol. The number of furan rings is 2. The van der Waals surface area contributed by atoms with Crippen LogP contribution in [0.3, 0.4) is 0 Å². The van der Waals surface area contributed by atoms with Crippen LogP contribution in [0.2, 0.25) is 0 Å². The van der Waals surface area contributed by atoms with Crippen molar-refractivity contribution < 1.29 is 8.83 Å². The molecule has 4 nitrogen and oxygen atoms in total. The van der Waals surface area contributed by atoms with Crippen molar-refractivity contribution in [3.8, 4) is 33.8 Å². The molecule has 7 aromatic carbocycles. The molecular formula is C46H28N2O2. The molecular weight excluding hydrogens is 613 g/mol. The Hall–Kier alpha value is -6.52. The summed E-state index contributed by atoms with van der Waals surface area (Å²) in [5, 5.41) is 5.36. The van der Waals surface area contributed by atoms with Crippen molar-refractivity contribution in [3.63, 3.8) is 0 Å². The van der Waals surface area contributed by atoms with E-state index in [-0.39, 0.29) is 0 Å². The van der Waals surface area contributed by atoms with E-state index in [9.17, 15) is 0 Å². The number of nitrogens with zero attached hydrogens (tertiary/aromatic N) is 2. The Labute approximate surface area is 287 Å². The van der Waals surface area contributed by atoms with Crippen LogP contribution in [0.5, 0.6) is 0 Å². The molecule has 0 amide bonds. The van der Waals surface area contributed by atoms with E-state index in [0.29, 0.717) is 5.82 Å². The minimum Gasteiger partial charge on any atom is -0.456 e. The van der Waals surface area contributed by atoms with Gasteiger partial charge in [0, 0.05) is 43.5 Å². The lowest BCUT2D eigenvalue weighted by Gasteiger charge is -2.29. The van der Waals surface area contributed by atoms with E-state index in [0.717, 1.165) is 77.2 Å². The molecule has 234 valence electrons. The smallest absolute Gasteiger partial charge is 0.161 e. The third-order valence-corrected chi connectivity index (χ3v) is 10.8. The third-order valence-electron chi connectivity index (χ3n) is 10.8. The molecule has 4 heteroatoms. The first-order valence-electron chi connectivity index (χ1n) is 17.0. The summed E-state index contributed by atoms with van der Waals surface area (Å²) >= 11 is 0. The number of hydrogen-bond donors (Lipinski definition) is 0. The van der Waals surface area contributed by atoms with E-state index in [4.69, 9.17) is 18.8 Å². The standard InChI is InChI=1S/C46H28N2O2/c1-46(27-14-3-2-4-15-27)34-21-9-5-16-28(34)41-33(26-39-42(43(41)46)31-19-8-12-24-37(31)50-39)45-47-35-22-10-6-17-29(35)44(48-45)32-20-13-25-38-40(32)30-18-7-11-23-36(30)49-38/h2-26H,1H3. The van der Waals surface area contributed by atoms with Gasteiger partial charge in [0.2, 0.25) is 0 Å². The van der Waals surface area contributed by atoms with Crippen molar-refractivity contribution in [1.29, 1.82) is 0 Å². The van der Waals surface area contributed by atoms with Crippen molar-refractivity contribution in [3.05, 3.63) is 168 Å². The second kappa shape index (κ2) is 10.0. The first kappa shape index (κ1) is 27.4. The second-order valence-corrected chi connectivity index (χ2v) is 13.4. The highest BCUT2D eigenvalue weighted by molar-refractivity contribution is 6.16. The van der Waals surface area contributed by atoms with Gasteiger partial charge in [0.25, 0.3) is 0 Å². The van der Waals surface area contributed by atoms with E-state index in [2.05, 4.69) is 128 Å². The van der Waals surface area contributed by atoms with Gasteiger partial charge in [-0.15, -0.1) is 0 Å². The highest BCUT2D eigenvalue weighted by atomic mass is 16.3. The SMILES string of the molecule is CC1(c2ccccc2)c2ccccc2-c2c(-c3nc(-c4cccc5oc6ccccc6c45)c4ccccc4n3)cc3oc4ccccc4c3c21. The molecule has 11 rings (SSSR count). The fourth-order valence-electron chi connectivity index (χ4n) is 8.56. The molecule has 0 radical (unpaired) electrons. The van der Waals surface area contributed by atoms with Gasteiger partial charge in [-0.3, -0.25) is 0 Å². The van der Waals surface area contributed by atoms with Crippen LogP contribution in [0, 0.1) is 0 Å². The summed E-state index contributed by atoms with van der Waals surface area (Å²) in [6.45, 7) is 2.36. The molecule has 3 heterocycles. The topological polar surface area (TPSA) is 52.1 Å². The van der Waals surface area contributed by atoms with Crippen LogP contribution in [0.15, 0.2) is 160 Å². The lowest BCUT2D eigenvalue weighted by molar-refractivity contribution is 0.667. The van der Waals surface area contributed by atoms with E-state index in [1.807, 2.05) is 30.3 Å². The van der Waals surface area contributed by atoms with Crippen LogP contribution >= 0.6 is 0 Å². The molecule has 0 saturated carbocycles. The Morgan fingerprint density at radius 1 is 0.480 bits per heavy atom. The molecule has 3 aromatic heterocycles. The zero-order valence-electron chi connectivity index (χ0n) is 27.1. The maximum absolute atomic E-state index is 6.70. The minimum absolute atomic E-state index is 0.449. The number of benzene rings is 7. The molecule has 0 bridgehead atoms. The summed E-state index contributed by atoms with van der Waals surface area (Å²) in [7, 11) is 0. The number of aromatic nitrogens is 2. The first-order chi connectivity index (χ1) is 24.7. The molecule has 0 spiro atoms. The first-order valence-corrected chi connectivity index (χ1v) is 17.0. The Kier molecular flexibility index (Phi) is 5.49. The van der Waals surface area contributed by atoms with Crippen LogP contribution in [0.1, 0.15) is 23.6 Å². The molecule has 10 aromatic rings. The van der Waals surface area contributed by atoms with Gasteiger partial charge in [-0.05, 0) is 65.1 Å². The third kappa shape index (κ3) is 3.60. The molecule has 1 atom stereocenters. The average molecular weight is 641 g/mol. The van der Waals surface area contributed by atoms with E-state index >= 15 is 0 Å². The highest BCUT2D eigenvalue weighted by Gasteiger charge is 2.44. The summed E-state index contributed by atoms with van der Waals surface area (Å²) in [5.41, 5.74) is 12.7. The number of fused-ring (bicyclic) bond motifs is 11. The molecule has 0 aliphatic heterocycles. The van der Waals surface area contributed by atoms with Gasteiger partial charge in [-0.25, -0.2) is 9.97 Å². The van der Waals surface area contributed by atoms with E-state index in [1.165, 1.54) is 22.3 Å². The quantitative estimate of drug-likeness (QED) is 0.193. The summed E-state index contributed by atoms with van der Waals surface area (Å²) in [4.78, 5) is 10.8. The molecule has 50 heavy (non-hydrogen) atoms. The fourth-order valence-corrected chi connectivity index (χ4v) is 8.56. The van der Waals surface area contributed by atoms with Crippen molar-refractivity contribution >= 4 is 54.8 Å². The average Bonchev–Trinajstić information content (AvgIpc) is 3.83. The van der Waals surface area contributed by atoms with Gasteiger partial charge in [-0.2, -0.15) is 0 Å². The normalized spacial score (nSPS) is 15.4. The molecule has 0 N–H and O–H groups in total. The summed E-state index contributed by atoms with van der Waals surface area (Å²) in [6.07, 6.45) is 0. The Balaban J connectivity index is 1.30. The summed E-state index contributed by atoms with van der Waals surface area (Å²) in [5.74, 6) is 0.661. The molecule has 0 saturated heterocycles. The van der Waals surface area contributed by atoms with Crippen LogP contribution in [0.4, 0.5) is 0 Å². The molecule has 1 aliphatic rings. The number of rotatable bonds is 3. The molecule has 0 fully saturated rings. The highest BCUT2D eigenvalue weighted by Crippen LogP contribution is 2.58. The lowest BCUT2D eigenvalue weighted by Crippen LogP contribution is -2.22. The predicted octanol–water partition coefficient (Wildman–Crippen LogP) is 12.1. The Bertz CT molecular complexity index is 3010. The van der Waals surface area contributed by atoms with Gasteiger partial charge in [-0.1, -0.05) is 121 Å². The van der Waals surface area contributed by atoms with Crippen LogP contribution in [-0.4, -0.2) is 9.97 Å². The van der Waals surface area contributed by atoms with E-state index < -0.39 is 5.41 Å². The zero-order chi connectivity index (χ0) is 33.0. The molecule has 1 unspecified atom stereocenters. The minimum atomic E-state index is -0.449. The zero-order valence-corrected chi connectivity index (χ0v) is 27.1. The van der Waals surface area contributed by atoms with E-state index in [1.54, 1.807) is 0 Å². The van der Waals surface area contributed by atoms with Crippen molar-refractivity contribution in [1.82, 2.24) is 9.97 Å².